The van der Waals surface area contributed by atoms with Crippen LogP contribution in [0, 0.1) is 5.82 Å². The van der Waals surface area contributed by atoms with Gasteiger partial charge in [-0.25, -0.2) is 4.39 Å². The van der Waals surface area contributed by atoms with Gasteiger partial charge in [0.25, 0.3) is 0 Å². The third kappa shape index (κ3) is 3.71. The zero-order valence-corrected chi connectivity index (χ0v) is 12.5. The molecule has 0 unspecified atom stereocenters. The van der Waals surface area contributed by atoms with Crippen molar-refractivity contribution in [2.45, 2.75) is 6.61 Å². The summed E-state index contributed by atoms with van der Waals surface area (Å²) < 4.78 is 19.1. The van der Waals surface area contributed by atoms with Gasteiger partial charge in [0.05, 0.1) is 15.7 Å². The molecule has 3 nitrogen and oxygen atoms in total. The third-order valence-electron chi connectivity index (χ3n) is 2.52. The van der Waals surface area contributed by atoms with E-state index in [2.05, 4.69) is 21.1 Å². The molecular weight excluding hydrogens is 349 g/mol. The number of ether oxygens (including phenoxy) is 1. The second-order valence-corrected chi connectivity index (χ2v) is 5.23. The summed E-state index contributed by atoms with van der Waals surface area (Å²) in [4.78, 5) is 0. The van der Waals surface area contributed by atoms with E-state index in [0.29, 0.717) is 20.8 Å². The van der Waals surface area contributed by atoms with Crippen molar-refractivity contribution in [1.82, 2.24) is 0 Å². The minimum atomic E-state index is -0.291. The van der Waals surface area contributed by atoms with Crippen LogP contribution in [-0.4, -0.2) is 11.4 Å². The van der Waals surface area contributed by atoms with Gasteiger partial charge >= 0.3 is 0 Å². The van der Waals surface area contributed by atoms with E-state index < -0.39 is 0 Å². The Hall–Kier alpha value is -1.59. The van der Waals surface area contributed by atoms with Gasteiger partial charge in [-0.3, -0.25) is 0 Å². The van der Waals surface area contributed by atoms with Crippen LogP contribution in [0.3, 0.4) is 0 Å². The smallest absolute Gasteiger partial charge is 0.152 e. The normalized spacial score (nSPS) is 10.9. The van der Waals surface area contributed by atoms with E-state index in [1.807, 2.05) is 0 Å². The van der Waals surface area contributed by atoms with Crippen molar-refractivity contribution in [2.24, 2.45) is 5.16 Å². The van der Waals surface area contributed by atoms with Gasteiger partial charge in [0.1, 0.15) is 12.4 Å². The first-order valence-electron chi connectivity index (χ1n) is 5.64. The molecule has 0 spiro atoms. The summed E-state index contributed by atoms with van der Waals surface area (Å²) >= 11 is 9.44. The lowest BCUT2D eigenvalue weighted by molar-refractivity contribution is 0.304. The molecular formula is C14H10BrClFNO2. The zero-order valence-electron chi connectivity index (χ0n) is 10.2. The van der Waals surface area contributed by atoms with Crippen LogP contribution in [0.4, 0.5) is 4.39 Å². The lowest BCUT2D eigenvalue weighted by atomic mass is 10.2. The van der Waals surface area contributed by atoms with Gasteiger partial charge < -0.3 is 9.94 Å². The molecule has 1 N–H and O–H groups in total. The molecule has 2 aromatic carbocycles. The standard InChI is InChI=1S/C14H10BrClFNO2/c15-12-5-10(7-18-19)6-13(16)14(12)20-8-9-1-3-11(17)4-2-9/h1-7,19H,8H2/b18-7-. The summed E-state index contributed by atoms with van der Waals surface area (Å²) in [6.07, 6.45) is 1.26. The summed E-state index contributed by atoms with van der Waals surface area (Å²) in [7, 11) is 0. The Labute approximate surface area is 128 Å². The number of rotatable bonds is 4. The highest BCUT2D eigenvalue weighted by Crippen LogP contribution is 2.34. The van der Waals surface area contributed by atoms with E-state index in [1.165, 1.54) is 18.3 Å². The molecule has 20 heavy (non-hydrogen) atoms. The number of hydrogen-bond acceptors (Lipinski definition) is 3. The highest BCUT2D eigenvalue weighted by atomic mass is 79.9. The summed E-state index contributed by atoms with van der Waals surface area (Å²) in [6, 6.07) is 9.36. The van der Waals surface area contributed by atoms with Gasteiger partial charge in [0.2, 0.25) is 0 Å². The Morgan fingerprint density at radius 2 is 2.00 bits per heavy atom. The average molecular weight is 359 g/mol. The van der Waals surface area contributed by atoms with Crippen LogP contribution in [0.5, 0.6) is 5.75 Å². The maximum Gasteiger partial charge on any atom is 0.152 e. The van der Waals surface area contributed by atoms with Crippen molar-refractivity contribution in [2.75, 3.05) is 0 Å². The molecule has 0 heterocycles. The van der Waals surface area contributed by atoms with E-state index in [9.17, 15) is 4.39 Å². The van der Waals surface area contributed by atoms with E-state index in [1.54, 1.807) is 24.3 Å². The summed E-state index contributed by atoms with van der Waals surface area (Å²) in [5, 5.41) is 11.8. The van der Waals surface area contributed by atoms with Crippen molar-refractivity contribution in [3.8, 4) is 5.75 Å². The SMILES string of the molecule is O/N=C\c1cc(Cl)c(OCc2ccc(F)cc2)c(Br)c1. The van der Waals surface area contributed by atoms with E-state index >= 15 is 0 Å². The van der Waals surface area contributed by atoms with Gasteiger partial charge in [0, 0.05) is 0 Å². The molecule has 104 valence electrons. The van der Waals surface area contributed by atoms with Crippen LogP contribution in [-0.2, 0) is 6.61 Å². The van der Waals surface area contributed by atoms with E-state index in [-0.39, 0.29) is 12.4 Å². The fourth-order valence-corrected chi connectivity index (χ4v) is 2.58. The second kappa shape index (κ2) is 6.72. The van der Waals surface area contributed by atoms with Crippen molar-refractivity contribution >= 4 is 33.7 Å². The molecule has 0 saturated heterocycles. The number of hydrogen-bond donors (Lipinski definition) is 1. The molecule has 0 radical (unpaired) electrons. The lowest BCUT2D eigenvalue weighted by Gasteiger charge is -2.11. The molecule has 0 amide bonds. The van der Waals surface area contributed by atoms with Gasteiger partial charge in [-0.2, -0.15) is 0 Å². The highest BCUT2D eigenvalue weighted by molar-refractivity contribution is 9.10. The van der Waals surface area contributed by atoms with Crippen molar-refractivity contribution < 1.29 is 14.3 Å². The Kier molecular flexibility index (Phi) is 4.98. The monoisotopic (exact) mass is 357 g/mol. The Balaban J connectivity index is 2.15. The van der Waals surface area contributed by atoms with Gasteiger partial charge in [0.15, 0.2) is 5.75 Å². The third-order valence-corrected chi connectivity index (χ3v) is 3.39. The van der Waals surface area contributed by atoms with Crippen LogP contribution in [0.25, 0.3) is 0 Å². The van der Waals surface area contributed by atoms with Crippen LogP contribution >= 0.6 is 27.5 Å². The molecule has 2 rings (SSSR count). The minimum Gasteiger partial charge on any atom is -0.486 e. The van der Waals surface area contributed by atoms with Gasteiger partial charge in [-0.15, -0.1) is 0 Å². The average Bonchev–Trinajstić information content (AvgIpc) is 2.40. The quantitative estimate of drug-likeness (QED) is 0.492. The topological polar surface area (TPSA) is 41.8 Å². The Bertz CT molecular complexity index is 609. The largest absolute Gasteiger partial charge is 0.486 e. The predicted molar refractivity (Wildman–Crippen MR) is 79.3 cm³/mol. The summed E-state index contributed by atoms with van der Waals surface area (Å²) in [5.41, 5.74) is 1.47. The zero-order chi connectivity index (χ0) is 14.5. The molecule has 0 fully saturated rings. The highest BCUT2D eigenvalue weighted by Gasteiger charge is 2.09. The van der Waals surface area contributed by atoms with Crippen molar-refractivity contribution in [3.63, 3.8) is 0 Å². The number of oxime groups is 1. The Morgan fingerprint density at radius 3 is 2.60 bits per heavy atom. The summed E-state index contributed by atoms with van der Waals surface area (Å²) in [5.74, 6) is 0.187. The molecule has 2 aromatic rings. The molecule has 0 aliphatic heterocycles. The lowest BCUT2D eigenvalue weighted by Crippen LogP contribution is -1.97. The van der Waals surface area contributed by atoms with Crippen LogP contribution < -0.4 is 4.74 Å². The number of halogens is 3. The Morgan fingerprint density at radius 1 is 1.30 bits per heavy atom. The fraction of sp³-hybridized carbons (Fsp3) is 0.0714. The maximum atomic E-state index is 12.8. The summed E-state index contributed by atoms with van der Waals surface area (Å²) in [6.45, 7) is 0.270. The molecule has 0 aliphatic rings. The number of benzene rings is 2. The maximum absolute atomic E-state index is 12.8. The molecule has 0 saturated carbocycles. The van der Waals surface area contributed by atoms with Gasteiger partial charge in [-0.05, 0) is 51.3 Å². The van der Waals surface area contributed by atoms with E-state index in [0.717, 1.165) is 5.56 Å². The first-order chi connectivity index (χ1) is 9.60. The predicted octanol–water partition coefficient (Wildman–Crippen LogP) is 4.63. The fourth-order valence-electron chi connectivity index (χ4n) is 1.59. The first kappa shape index (κ1) is 14.8. The van der Waals surface area contributed by atoms with E-state index in [4.69, 9.17) is 21.5 Å². The van der Waals surface area contributed by atoms with Gasteiger partial charge in [-0.1, -0.05) is 28.9 Å². The molecule has 0 aromatic heterocycles. The first-order valence-corrected chi connectivity index (χ1v) is 6.81. The molecule has 6 heteroatoms. The van der Waals surface area contributed by atoms with Crippen molar-refractivity contribution in [3.05, 3.63) is 62.8 Å². The van der Waals surface area contributed by atoms with Crippen molar-refractivity contribution in [1.29, 1.82) is 0 Å². The van der Waals surface area contributed by atoms with Crippen LogP contribution in [0.2, 0.25) is 5.02 Å². The van der Waals surface area contributed by atoms with Crippen LogP contribution in [0.15, 0.2) is 46.0 Å². The van der Waals surface area contributed by atoms with Crippen LogP contribution in [0.1, 0.15) is 11.1 Å². The molecule has 0 bridgehead atoms. The molecule has 0 aliphatic carbocycles. The molecule has 0 atom stereocenters. The minimum absolute atomic E-state index is 0.270. The number of nitrogens with zero attached hydrogens (tertiary/aromatic N) is 1. The second-order valence-electron chi connectivity index (χ2n) is 3.97.